The van der Waals surface area contributed by atoms with Gasteiger partial charge in [-0.3, -0.25) is 4.90 Å². The number of benzene rings is 1. The van der Waals surface area contributed by atoms with Gasteiger partial charge in [-0.15, -0.1) is 0 Å². The summed E-state index contributed by atoms with van der Waals surface area (Å²) in [5.41, 5.74) is 1.09. The molecule has 0 spiro atoms. The van der Waals surface area contributed by atoms with Crippen LogP contribution in [0.4, 0.5) is 0 Å². The molecule has 6 heteroatoms. The summed E-state index contributed by atoms with van der Waals surface area (Å²) in [4.78, 5) is 2.51. The molecule has 2 N–H and O–H groups in total. The summed E-state index contributed by atoms with van der Waals surface area (Å²) in [6.45, 7) is 6.10. The Balaban J connectivity index is 1.56. The Morgan fingerprint density at radius 1 is 1.43 bits per heavy atom. The maximum atomic E-state index is 6.22. The number of hydrogen-bond donors (Lipinski definition) is 2. The number of rotatable bonds is 4. The SMILES string of the molecule is CCN1CCC[C@@H]1CNC(=S)N[C@H]1CCOc2c(Cl)cccc21. The molecule has 0 bridgehead atoms. The third-order valence-electron chi connectivity index (χ3n) is 4.73. The lowest BCUT2D eigenvalue weighted by atomic mass is 10.0. The Labute approximate surface area is 148 Å². The van der Waals surface area contributed by atoms with Gasteiger partial charge in [-0.25, -0.2) is 0 Å². The zero-order valence-corrected chi connectivity index (χ0v) is 15.1. The Morgan fingerprint density at radius 2 is 2.30 bits per heavy atom. The minimum absolute atomic E-state index is 0.156. The van der Waals surface area contributed by atoms with Crippen molar-refractivity contribution in [1.82, 2.24) is 15.5 Å². The van der Waals surface area contributed by atoms with Crippen LogP contribution in [0.15, 0.2) is 18.2 Å². The van der Waals surface area contributed by atoms with Crippen molar-refractivity contribution in [2.75, 3.05) is 26.2 Å². The standard InChI is InChI=1S/C17H24ClN3OS/c1-2-21-9-4-5-12(21)11-19-17(23)20-15-8-10-22-16-13(15)6-3-7-14(16)18/h3,6-7,12,15H,2,4-5,8-11H2,1H3,(H2,19,20,23)/t12-,15+/m1/s1. The van der Waals surface area contributed by atoms with Crippen LogP contribution >= 0.6 is 23.8 Å². The molecule has 0 aliphatic carbocycles. The number of thiocarbonyl (C=S) groups is 1. The highest BCUT2D eigenvalue weighted by atomic mass is 35.5. The molecule has 2 heterocycles. The van der Waals surface area contributed by atoms with Gasteiger partial charge in [-0.2, -0.15) is 0 Å². The molecule has 1 aromatic carbocycles. The molecule has 1 fully saturated rings. The predicted molar refractivity (Wildman–Crippen MR) is 98.3 cm³/mol. The number of fused-ring (bicyclic) bond motifs is 1. The highest BCUT2D eigenvalue weighted by Crippen LogP contribution is 2.37. The summed E-state index contributed by atoms with van der Waals surface area (Å²) >= 11 is 11.7. The zero-order valence-electron chi connectivity index (χ0n) is 13.5. The van der Waals surface area contributed by atoms with Crippen LogP contribution in [-0.4, -0.2) is 42.3 Å². The summed E-state index contributed by atoms with van der Waals surface area (Å²) in [5, 5.41) is 8.19. The highest BCUT2D eigenvalue weighted by molar-refractivity contribution is 7.80. The van der Waals surface area contributed by atoms with E-state index < -0.39 is 0 Å². The van der Waals surface area contributed by atoms with Crippen LogP contribution in [-0.2, 0) is 0 Å². The largest absolute Gasteiger partial charge is 0.492 e. The van der Waals surface area contributed by atoms with E-state index in [0.717, 1.165) is 30.8 Å². The zero-order chi connectivity index (χ0) is 16.2. The van der Waals surface area contributed by atoms with Crippen molar-refractivity contribution in [3.8, 4) is 5.75 Å². The smallest absolute Gasteiger partial charge is 0.166 e. The minimum Gasteiger partial charge on any atom is -0.492 e. The molecule has 0 radical (unpaired) electrons. The number of halogens is 1. The summed E-state index contributed by atoms with van der Waals surface area (Å²) in [5.74, 6) is 0.786. The van der Waals surface area contributed by atoms with Gasteiger partial charge in [0.05, 0.1) is 17.7 Å². The van der Waals surface area contributed by atoms with Crippen LogP contribution in [0.5, 0.6) is 5.75 Å². The fraction of sp³-hybridized carbons (Fsp3) is 0.588. The molecule has 0 saturated carbocycles. The molecule has 0 unspecified atom stereocenters. The second-order valence-corrected chi connectivity index (χ2v) is 6.94. The summed E-state index contributed by atoms with van der Waals surface area (Å²) < 4.78 is 5.69. The summed E-state index contributed by atoms with van der Waals surface area (Å²) in [6, 6.07) is 6.62. The number of likely N-dealkylation sites (tertiary alicyclic amines) is 1. The normalized spacial score (nSPS) is 23.9. The molecular formula is C17H24ClN3OS. The van der Waals surface area contributed by atoms with Gasteiger partial charge < -0.3 is 15.4 Å². The van der Waals surface area contributed by atoms with E-state index in [1.807, 2.05) is 12.1 Å². The molecule has 2 aliphatic rings. The van der Waals surface area contributed by atoms with Crippen molar-refractivity contribution in [3.63, 3.8) is 0 Å². The minimum atomic E-state index is 0.156. The van der Waals surface area contributed by atoms with Crippen LogP contribution in [0.3, 0.4) is 0 Å². The second kappa shape index (κ2) is 7.69. The molecule has 23 heavy (non-hydrogen) atoms. The van der Waals surface area contributed by atoms with Crippen molar-refractivity contribution in [1.29, 1.82) is 0 Å². The fourth-order valence-electron chi connectivity index (χ4n) is 3.50. The van der Waals surface area contributed by atoms with Gasteiger partial charge in [0.1, 0.15) is 5.75 Å². The molecule has 2 atom stereocenters. The van der Waals surface area contributed by atoms with Crippen molar-refractivity contribution in [2.45, 2.75) is 38.3 Å². The van der Waals surface area contributed by atoms with E-state index in [0.29, 0.717) is 22.8 Å². The highest BCUT2D eigenvalue weighted by Gasteiger charge is 2.25. The summed E-state index contributed by atoms with van der Waals surface area (Å²) in [7, 11) is 0. The van der Waals surface area contributed by atoms with Gasteiger partial charge in [0.2, 0.25) is 0 Å². The topological polar surface area (TPSA) is 36.5 Å². The fourth-order valence-corrected chi connectivity index (χ4v) is 3.96. The quantitative estimate of drug-likeness (QED) is 0.813. The van der Waals surface area contributed by atoms with Crippen molar-refractivity contribution < 1.29 is 4.74 Å². The van der Waals surface area contributed by atoms with E-state index in [4.69, 9.17) is 28.6 Å². The number of nitrogens with one attached hydrogen (secondary N) is 2. The number of nitrogens with zero attached hydrogens (tertiary/aromatic N) is 1. The van der Waals surface area contributed by atoms with Gasteiger partial charge >= 0.3 is 0 Å². The van der Waals surface area contributed by atoms with Crippen LogP contribution in [0, 0.1) is 0 Å². The van der Waals surface area contributed by atoms with Gasteiger partial charge in [0.15, 0.2) is 5.11 Å². The van der Waals surface area contributed by atoms with Crippen LogP contribution in [0.1, 0.15) is 37.8 Å². The molecule has 0 aromatic heterocycles. The number of hydrogen-bond acceptors (Lipinski definition) is 3. The monoisotopic (exact) mass is 353 g/mol. The van der Waals surface area contributed by atoms with Crippen molar-refractivity contribution >= 4 is 28.9 Å². The van der Waals surface area contributed by atoms with Gasteiger partial charge in [0.25, 0.3) is 0 Å². The van der Waals surface area contributed by atoms with E-state index in [1.54, 1.807) is 0 Å². The number of para-hydroxylation sites is 1. The summed E-state index contributed by atoms with van der Waals surface area (Å²) in [6.07, 6.45) is 3.42. The van der Waals surface area contributed by atoms with E-state index in [2.05, 4.69) is 28.5 Å². The third-order valence-corrected chi connectivity index (χ3v) is 5.29. The van der Waals surface area contributed by atoms with E-state index in [1.165, 1.54) is 19.4 Å². The molecule has 2 aliphatic heterocycles. The van der Waals surface area contributed by atoms with E-state index >= 15 is 0 Å². The first-order valence-corrected chi connectivity index (χ1v) is 9.17. The molecule has 1 saturated heterocycles. The maximum absolute atomic E-state index is 6.22. The average Bonchev–Trinajstić information content (AvgIpc) is 3.01. The number of ether oxygens (including phenoxy) is 1. The first-order valence-electron chi connectivity index (χ1n) is 8.38. The van der Waals surface area contributed by atoms with Gasteiger partial charge in [-0.05, 0) is 44.2 Å². The molecular weight excluding hydrogens is 330 g/mol. The van der Waals surface area contributed by atoms with Crippen LogP contribution < -0.4 is 15.4 Å². The third kappa shape index (κ3) is 3.90. The molecule has 0 amide bonds. The number of likely N-dealkylation sites (N-methyl/N-ethyl adjacent to an activating group) is 1. The maximum Gasteiger partial charge on any atom is 0.166 e. The molecule has 126 valence electrons. The Kier molecular flexibility index (Phi) is 5.62. The first kappa shape index (κ1) is 16.8. The van der Waals surface area contributed by atoms with Gasteiger partial charge in [0, 0.05) is 24.6 Å². The molecule has 4 nitrogen and oxygen atoms in total. The van der Waals surface area contributed by atoms with E-state index in [9.17, 15) is 0 Å². The lowest BCUT2D eigenvalue weighted by Gasteiger charge is -2.29. The lowest BCUT2D eigenvalue weighted by molar-refractivity contribution is 0.259. The lowest BCUT2D eigenvalue weighted by Crippen LogP contribution is -2.45. The van der Waals surface area contributed by atoms with Crippen LogP contribution in [0.25, 0.3) is 0 Å². The first-order chi connectivity index (χ1) is 11.2. The van der Waals surface area contributed by atoms with Gasteiger partial charge in [-0.1, -0.05) is 30.7 Å². The predicted octanol–water partition coefficient (Wildman–Crippen LogP) is 3.11. The Bertz CT molecular complexity index is 569. The van der Waals surface area contributed by atoms with Crippen LogP contribution in [0.2, 0.25) is 5.02 Å². The Hall–Kier alpha value is -1.04. The second-order valence-electron chi connectivity index (χ2n) is 6.13. The van der Waals surface area contributed by atoms with Crippen molar-refractivity contribution in [2.24, 2.45) is 0 Å². The molecule has 1 aromatic rings. The molecule has 3 rings (SSSR count). The Morgan fingerprint density at radius 3 is 3.13 bits per heavy atom. The van der Waals surface area contributed by atoms with E-state index in [-0.39, 0.29) is 6.04 Å². The van der Waals surface area contributed by atoms with Crippen molar-refractivity contribution in [3.05, 3.63) is 28.8 Å². The average molecular weight is 354 g/mol.